The van der Waals surface area contributed by atoms with Crippen LogP contribution in [0.4, 0.5) is 4.79 Å². The Kier molecular flexibility index (Phi) is 3.75. The average Bonchev–Trinajstić information content (AvgIpc) is 2.60. The summed E-state index contributed by atoms with van der Waals surface area (Å²) in [6.45, 7) is 8.52. The van der Waals surface area contributed by atoms with Gasteiger partial charge in [0.15, 0.2) is 0 Å². The van der Waals surface area contributed by atoms with Gasteiger partial charge in [0.05, 0.1) is 0 Å². The van der Waals surface area contributed by atoms with Gasteiger partial charge in [0, 0.05) is 35.7 Å². The van der Waals surface area contributed by atoms with E-state index >= 15 is 0 Å². The van der Waals surface area contributed by atoms with Gasteiger partial charge in [0.1, 0.15) is 0 Å². The molecule has 0 radical (unpaired) electrons. The fourth-order valence-electron chi connectivity index (χ4n) is 2.21. The standard InChI is InChI=1S/C16H23N3O/c1-11-8-13-9-12(6-7-14(13)19(11)5)10-17-15(20)18-16(2,3)4/h6-9H,10H2,1-5H3,(H2,17,18,20). The molecule has 4 nitrogen and oxygen atoms in total. The third-order valence-electron chi connectivity index (χ3n) is 3.29. The number of nitrogens with zero attached hydrogens (tertiary/aromatic N) is 1. The van der Waals surface area contributed by atoms with Gasteiger partial charge in [-0.15, -0.1) is 0 Å². The van der Waals surface area contributed by atoms with E-state index in [9.17, 15) is 4.79 Å². The molecular weight excluding hydrogens is 250 g/mol. The highest BCUT2D eigenvalue weighted by atomic mass is 16.2. The predicted molar refractivity (Wildman–Crippen MR) is 82.8 cm³/mol. The van der Waals surface area contributed by atoms with Crippen molar-refractivity contribution in [3.05, 3.63) is 35.5 Å². The third-order valence-corrected chi connectivity index (χ3v) is 3.29. The Hall–Kier alpha value is -1.97. The highest BCUT2D eigenvalue weighted by molar-refractivity contribution is 5.82. The molecule has 0 saturated carbocycles. The van der Waals surface area contributed by atoms with Crippen LogP contribution >= 0.6 is 0 Å². The van der Waals surface area contributed by atoms with Crippen LogP contribution in [-0.2, 0) is 13.6 Å². The molecule has 0 aliphatic carbocycles. The first-order valence-electron chi connectivity index (χ1n) is 6.87. The van der Waals surface area contributed by atoms with Gasteiger partial charge in [-0.3, -0.25) is 0 Å². The van der Waals surface area contributed by atoms with Crippen LogP contribution in [0.25, 0.3) is 10.9 Å². The van der Waals surface area contributed by atoms with E-state index in [1.165, 1.54) is 16.6 Å². The zero-order chi connectivity index (χ0) is 14.9. The van der Waals surface area contributed by atoms with Crippen LogP contribution in [0.15, 0.2) is 24.3 Å². The van der Waals surface area contributed by atoms with Crippen molar-refractivity contribution in [2.45, 2.75) is 39.8 Å². The van der Waals surface area contributed by atoms with Crippen molar-refractivity contribution in [2.75, 3.05) is 0 Å². The molecule has 0 spiro atoms. The van der Waals surface area contributed by atoms with E-state index in [-0.39, 0.29) is 11.6 Å². The van der Waals surface area contributed by atoms with E-state index in [1.807, 2.05) is 20.8 Å². The van der Waals surface area contributed by atoms with Gasteiger partial charge in [-0.25, -0.2) is 4.79 Å². The minimum Gasteiger partial charge on any atom is -0.348 e. The topological polar surface area (TPSA) is 46.1 Å². The van der Waals surface area contributed by atoms with Crippen molar-refractivity contribution in [3.63, 3.8) is 0 Å². The second-order valence-corrected chi connectivity index (χ2v) is 6.30. The number of urea groups is 1. The van der Waals surface area contributed by atoms with E-state index in [1.54, 1.807) is 0 Å². The van der Waals surface area contributed by atoms with Gasteiger partial charge in [0.2, 0.25) is 0 Å². The Labute approximate surface area is 120 Å². The van der Waals surface area contributed by atoms with E-state index in [0.29, 0.717) is 6.54 Å². The number of fused-ring (bicyclic) bond motifs is 1. The summed E-state index contributed by atoms with van der Waals surface area (Å²) in [6, 6.07) is 8.30. The van der Waals surface area contributed by atoms with Gasteiger partial charge >= 0.3 is 6.03 Å². The van der Waals surface area contributed by atoms with Crippen LogP contribution in [0.5, 0.6) is 0 Å². The Bertz CT molecular complexity index is 635. The quantitative estimate of drug-likeness (QED) is 0.868. The molecule has 0 saturated heterocycles. The van der Waals surface area contributed by atoms with Crippen molar-refractivity contribution in [3.8, 4) is 0 Å². The Morgan fingerprint density at radius 1 is 1.25 bits per heavy atom. The number of nitrogens with one attached hydrogen (secondary N) is 2. The summed E-state index contributed by atoms with van der Waals surface area (Å²) >= 11 is 0. The summed E-state index contributed by atoms with van der Waals surface area (Å²) in [4.78, 5) is 11.7. The lowest BCUT2D eigenvalue weighted by molar-refractivity contribution is 0.231. The minimum absolute atomic E-state index is 0.137. The van der Waals surface area contributed by atoms with Crippen molar-refractivity contribution in [1.29, 1.82) is 0 Å². The first-order valence-corrected chi connectivity index (χ1v) is 6.87. The van der Waals surface area contributed by atoms with Crippen LogP contribution in [0.3, 0.4) is 0 Å². The van der Waals surface area contributed by atoms with Gasteiger partial charge < -0.3 is 15.2 Å². The summed E-state index contributed by atoms with van der Waals surface area (Å²) in [6.07, 6.45) is 0. The second-order valence-electron chi connectivity index (χ2n) is 6.30. The van der Waals surface area contributed by atoms with E-state index < -0.39 is 0 Å². The number of amides is 2. The van der Waals surface area contributed by atoms with Gasteiger partial charge in [-0.1, -0.05) is 6.07 Å². The number of aromatic nitrogens is 1. The number of carbonyl (C=O) groups excluding carboxylic acids is 1. The molecule has 1 aromatic carbocycles. The van der Waals surface area contributed by atoms with Crippen molar-refractivity contribution < 1.29 is 4.79 Å². The molecule has 2 aromatic rings. The van der Waals surface area contributed by atoms with Crippen LogP contribution in [0.2, 0.25) is 0 Å². The average molecular weight is 273 g/mol. The van der Waals surface area contributed by atoms with Crippen molar-refractivity contribution in [2.24, 2.45) is 7.05 Å². The molecule has 20 heavy (non-hydrogen) atoms. The second kappa shape index (κ2) is 5.19. The first-order chi connectivity index (χ1) is 9.26. The molecule has 1 heterocycles. The van der Waals surface area contributed by atoms with Crippen LogP contribution in [0, 0.1) is 6.92 Å². The van der Waals surface area contributed by atoms with Crippen LogP contribution < -0.4 is 10.6 Å². The molecule has 4 heteroatoms. The molecule has 2 N–H and O–H groups in total. The Balaban J connectivity index is 2.05. The lowest BCUT2D eigenvalue weighted by Crippen LogP contribution is -2.46. The molecule has 0 fully saturated rings. The summed E-state index contributed by atoms with van der Waals surface area (Å²) in [5.74, 6) is 0. The molecule has 0 bridgehead atoms. The maximum Gasteiger partial charge on any atom is 0.315 e. The zero-order valence-corrected chi connectivity index (χ0v) is 12.9. The molecule has 1 aromatic heterocycles. The summed E-state index contributed by atoms with van der Waals surface area (Å²) in [5.41, 5.74) is 3.33. The number of aryl methyl sites for hydroxylation is 2. The lowest BCUT2D eigenvalue weighted by Gasteiger charge is -2.20. The number of hydrogen-bond donors (Lipinski definition) is 2. The maximum atomic E-state index is 11.7. The van der Waals surface area contributed by atoms with Gasteiger partial charge in [0.25, 0.3) is 0 Å². The molecular formula is C16H23N3O. The summed E-state index contributed by atoms with van der Waals surface area (Å²) in [5, 5.41) is 6.98. The predicted octanol–water partition coefficient (Wildman–Crippen LogP) is 3.08. The first kappa shape index (κ1) is 14.4. The molecule has 2 rings (SSSR count). The number of hydrogen-bond acceptors (Lipinski definition) is 1. The maximum absolute atomic E-state index is 11.7. The fourth-order valence-corrected chi connectivity index (χ4v) is 2.21. The van der Waals surface area contributed by atoms with Crippen LogP contribution in [-0.4, -0.2) is 16.1 Å². The fraction of sp³-hybridized carbons (Fsp3) is 0.438. The largest absolute Gasteiger partial charge is 0.348 e. The van der Waals surface area contributed by atoms with Gasteiger partial charge in [-0.05, 0) is 51.5 Å². The third kappa shape index (κ3) is 3.32. The van der Waals surface area contributed by atoms with Gasteiger partial charge in [-0.2, -0.15) is 0 Å². The minimum atomic E-state index is -0.218. The molecule has 0 atom stereocenters. The van der Waals surface area contributed by atoms with E-state index in [4.69, 9.17) is 0 Å². The molecule has 0 aliphatic rings. The number of carbonyl (C=O) groups is 1. The molecule has 108 valence electrons. The SMILES string of the molecule is Cc1cc2cc(CNC(=O)NC(C)(C)C)ccc2n1C. The zero-order valence-electron chi connectivity index (χ0n) is 12.9. The summed E-state index contributed by atoms with van der Waals surface area (Å²) in [7, 11) is 2.06. The normalized spacial score (nSPS) is 11.7. The molecule has 2 amide bonds. The van der Waals surface area contributed by atoms with Crippen molar-refractivity contribution >= 4 is 16.9 Å². The van der Waals surface area contributed by atoms with Crippen molar-refractivity contribution in [1.82, 2.24) is 15.2 Å². The Morgan fingerprint density at radius 2 is 1.95 bits per heavy atom. The monoisotopic (exact) mass is 273 g/mol. The smallest absolute Gasteiger partial charge is 0.315 e. The van der Waals surface area contributed by atoms with E-state index in [0.717, 1.165) is 5.56 Å². The highest BCUT2D eigenvalue weighted by Gasteiger charge is 2.13. The Morgan fingerprint density at radius 3 is 2.60 bits per heavy atom. The number of benzene rings is 1. The van der Waals surface area contributed by atoms with E-state index in [2.05, 4.69) is 53.4 Å². The summed E-state index contributed by atoms with van der Waals surface area (Å²) < 4.78 is 2.17. The highest BCUT2D eigenvalue weighted by Crippen LogP contribution is 2.19. The molecule has 0 aliphatic heterocycles. The lowest BCUT2D eigenvalue weighted by atomic mass is 10.1. The number of rotatable bonds is 2. The molecule has 0 unspecified atom stereocenters. The van der Waals surface area contributed by atoms with Crippen LogP contribution in [0.1, 0.15) is 32.0 Å².